The molecule has 1 N–H and O–H groups in total. The molecule has 7 heteroatoms. The molecule has 26 heavy (non-hydrogen) atoms. The summed E-state index contributed by atoms with van der Waals surface area (Å²) in [5, 5.41) is 8.02. The van der Waals surface area contributed by atoms with Gasteiger partial charge in [0.25, 0.3) is 0 Å². The Morgan fingerprint density at radius 1 is 1.27 bits per heavy atom. The summed E-state index contributed by atoms with van der Waals surface area (Å²) in [5.41, 5.74) is 3.29. The van der Waals surface area contributed by atoms with E-state index >= 15 is 0 Å². The maximum atomic E-state index is 13.8. The van der Waals surface area contributed by atoms with Crippen molar-refractivity contribution < 1.29 is 9.18 Å². The Labute approximate surface area is 159 Å². The predicted octanol–water partition coefficient (Wildman–Crippen LogP) is 4.75. The summed E-state index contributed by atoms with van der Waals surface area (Å²) >= 11 is 7.45. The van der Waals surface area contributed by atoms with Crippen molar-refractivity contribution >= 4 is 35.1 Å². The molecular formula is C19H15ClFN3OS. The number of nitrogens with zero attached hydrogens (tertiary/aromatic N) is 2. The van der Waals surface area contributed by atoms with E-state index in [-0.39, 0.29) is 22.7 Å². The summed E-state index contributed by atoms with van der Waals surface area (Å²) in [6, 6.07) is 13.7. The molecule has 2 heterocycles. The van der Waals surface area contributed by atoms with Crippen LogP contribution in [-0.4, -0.2) is 21.4 Å². The summed E-state index contributed by atoms with van der Waals surface area (Å²) in [6.07, 6.45) is 0. The van der Waals surface area contributed by atoms with Crippen LogP contribution in [0.4, 0.5) is 10.2 Å². The number of aryl methyl sites for hydroxylation is 1. The van der Waals surface area contributed by atoms with Crippen LogP contribution in [0.15, 0.2) is 48.5 Å². The van der Waals surface area contributed by atoms with E-state index in [1.54, 1.807) is 22.9 Å². The number of carbonyl (C=O) groups excluding carboxylic acids is 1. The Hall–Kier alpha value is -2.31. The van der Waals surface area contributed by atoms with E-state index in [1.165, 1.54) is 23.9 Å². The number of carbonyl (C=O) groups is 1. The number of aromatic nitrogens is 2. The molecule has 0 unspecified atom stereocenters. The van der Waals surface area contributed by atoms with Crippen LogP contribution in [-0.2, 0) is 4.79 Å². The van der Waals surface area contributed by atoms with Gasteiger partial charge in [-0.05, 0) is 48.9 Å². The molecule has 1 aliphatic heterocycles. The first kappa shape index (κ1) is 17.1. The van der Waals surface area contributed by atoms with E-state index in [1.807, 2.05) is 25.1 Å². The Morgan fingerprint density at radius 2 is 2.04 bits per heavy atom. The summed E-state index contributed by atoms with van der Waals surface area (Å²) in [4.78, 5) is 12.3. The molecule has 1 atom stereocenters. The van der Waals surface area contributed by atoms with Crippen molar-refractivity contribution in [1.82, 2.24) is 9.78 Å². The van der Waals surface area contributed by atoms with Crippen molar-refractivity contribution in [3.63, 3.8) is 0 Å². The first-order valence-electron chi connectivity index (χ1n) is 8.05. The molecule has 1 aromatic heterocycles. The third-order valence-corrected chi connectivity index (χ3v) is 5.75. The zero-order valence-corrected chi connectivity index (χ0v) is 15.4. The number of rotatable bonds is 2. The van der Waals surface area contributed by atoms with Crippen LogP contribution in [0.5, 0.6) is 0 Å². The average molecular weight is 388 g/mol. The number of anilines is 1. The Bertz CT molecular complexity index is 987. The van der Waals surface area contributed by atoms with E-state index in [0.29, 0.717) is 10.8 Å². The van der Waals surface area contributed by atoms with Gasteiger partial charge >= 0.3 is 0 Å². The second kappa shape index (κ2) is 6.78. The van der Waals surface area contributed by atoms with Gasteiger partial charge in [0.05, 0.1) is 22.4 Å². The van der Waals surface area contributed by atoms with Crippen LogP contribution in [0.1, 0.15) is 22.1 Å². The average Bonchev–Trinajstić information content (AvgIpc) is 2.82. The number of nitrogens with one attached hydrogen (secondary N) is 1. The van der Waals surface area contributed by atoms with Crippen LogP contribution in [0.25, 0.3) is 5.69 Å². The lowest BCUT2D eigenvalue weighted by Crippen LogP contribution is -2.15. The lowest BCUT2D eigenvalue weighted by Gasteiger charge is -2.15. The van der Waals surface area contributed by atoms with Gasteiger partial charge in [0.2, 0.25) is 5.91 Å². The molecule has 4 rings (SSSR count). The van der Waals surface area contributed by atoms with Crippen molar-refractivity contribution in [3.8, 4) is 5.69 Å². The highest BCUT2D eigenvalue weighted by Crippen LogP contribution is 2.43. The number of fused-ring (bicyclic) bond motifs is 1. The maximum Gasteiger partial charge on any atom is 0.235 e. The lowest BCUT2D eigenvalue weighted by atomic mass is 10.0. The predicted molar refractivity (Wildman–Crippen MR) is 103 cm³/mol. The van der Waals surface area contributed by atoms with Crippen molar-refractivity contribution in [2.45, 2.75) is 12.2 Å². The van der Waals surface area contributed by atoms with E-state index in [9.17, 15) is 9.18 Å². The second-order valence-electron chi connectivity index (χ2n) is 6.03. The van der Waals surface area contributed by atoms with Crippen molar-refractivity contribution in [3.05, 3.63) is 76.2 Å². The Balaban J connectivity index is 1.89. The number of benzene rings is 2. The molecule has 0 bridgehead atoms. The van der Waals surface area contributed by atoms with Gasteiger partial charge in [-0.15, -0.1) is 11.8 Å². The molecular weight excluding hydrogens is 373 g/mol. The smallest absolute Gasteiger partial charge is 0.235 e. The Kier molecular flexibility index (Phi) is 4.46. The van der Waals surface area contributed by atoms with Gasteiger partial charge in [-0.25, -0.2) is 9.07 Å². The molecule has 0 fully saturated rings. The van der Waals surface area contributed by atoms with Crippen LogP contribution < -0.4 is 5.32 Å². The third-order valence-electron chi connectivity index (χ3n) is 4.23. The molecule has 4 nitrogen and oxygen atoms in total. The zero-order valence-electron chi connectivity index (χ0n) is 13.9. The van der Waals surface area contributed by atoms with Gasteiger partial charge in [-0.2, -0.15) is 5.10 Å². The summed E-state index contributed by atoms with van der Waals surface area (Å²) in [7, 11) is 0. The summed E-state index contributed by atoms with van der Waals surface area (Å²) < 4.78 is 15.5. The summed E-state index contributed by atoms with van der Waals surface area (Å²) in [6.45, 7) is 1.90. The fourth-order valence-electron chi connectivity index (χ4n) is 3.09. The minimum absolute atomic E-state index is 0.106. The topological polar surface area (TPSA) is 46.9 Å². The van der Waals surface area contributed by atoms with Crippen LogP contribution >= 0.6 is 23.4 Å². The second-order valence-corrected chi connectivity index (χ2v) is 7.56. The van der Waals surface area contributed by atoms with Gasteiger partial charge in [0, 0.05) is 10.6 Å². The minimum Gasteiger partial charge on any atom is -0.310 e. The highest BCUT2D eigenvalue weighted by atomic mass is 35.5. The fourth-order valence-corrected chi connectivity index (χ4v) is 4.39. The lowest BCUT2D eigenvalue weighted by molar-refractivity contribution is -0.113. The number of amides is 1. The highest BCUT2D eigenvalue weighted by molar-refractivity contribution is 8.00. The van der Waals surface area contributed by atoms with Gasteiger partial charge in [0.15, 0.2) is 0 Å². The molecule has 0 spiro atoms. The van der Waals surface area contributed by atoms with Gasteiger partial charge in [-0.1, -0.05) is 23.7 Å². The van der Waals surface area contributed by atoms with Crippen molar-refractivity contribution in [1.29, 1.82) is 0 Å². The van der Waals surface area contributed by atoms with Crippen LogP contribution in [0, 0.1) is 12.7 Å². The fraction of sp³-hybridized carbons (Fsp3) is 0.158. The largest absolute Gasteiger partial charge is 0.310 e. The standard InChI is InChI=1S/C19H15ClFN3OS/c1-11-17-18(12-3-2-4-14(21)9-12)26-10-16(25)22-19(17)24(23-11)15-7-5-13(20)6-8-15/h2-9,18H,10H2,1H3,(H,22,25)/t18-/m1/s1. The molecule has 0 radical (unpaired) electrons. The molecule has 132 valence electrons. The van der Waals surface area contributed by atoms with Gasteiger partial charge in [0.1, 0.15) is 11.6 Å². The van der Waals surface area contributed by atoms with E-state index in [2.05, 4.69) is 10.4 Å². The summed E-state index contributed by atoms with van der Waals surface area (Å²) in [5.74, 6) is 0.505. The number of hydrogen-bond donors (Lipinski definition) is 1. The molecule has 3 aromatic rings. The number of halogens is 2. The van der Waals surface area contributed by atoms with Gasteiger partial charge < -0.3 is 5.32 Å². The monoisotopic (exact) mass is 387 g/mol. The first-order chi connectivity index (χ1) is 12.5. The van der Waals surface area contributed by atoms with Crippen LogP contribution in [0.3, 0.4) is 0 Å². The van der Waals surface area contributed by atoms with E-state index in [4.69, 9.17) is 11.6 Å². The Morgan fingerprint density at radius 3 is 2.77 bits per heavy atom. The zero-order chi connectivity index (χ0) is 18.3. The first-order valence-corrected chi connectivity index (χ1v) is 9.48. The van der Waals surface area contributed by atoms with Crippen molar-refractivity contribution in [2.24, 2.45) is 0 Å². The quantitative estimate of drug-likeness (QED) is 0.690. The maximum absolute atomic E-state index is 13.8. The van der Waals surface area contributed by atoms with Gasteiger partial charge in [-0.3, -0.25) is 4.79 Å². The van der Waals surface area contributed by atoms with Crippen LogP contribution in [0.2, 0.25) is 5.02 Å². The van der Waals surface area contributed by atoms with E-state index < -0.39 is 0 Å². The molecule has 0 saturated heterocycles. The molecule has 0 saturated carbocycles. The number of thioether (sulfide) groups is 1. The highest BCUT2D eigenvalue weighted by Gasteiger charge is 2.30. The molecule has 1 aliphatic rings. The minimum atomic E-state index is -0.295. The SMILES string of the molecule is Cc1nn(-c2ccc(Cl)cc2)c2c1[C@@H](c1cccc(F)c1)SCC(=O)N2. The third kappa shape index (κ3) is 3.10. The normalized spacial score (nSPS) is 16.7. The molecule has 2 aromatic carbocycles. The molecule has 1 amide bonds. The number of hydrogen-bond acceptors (Lipinski definition) is 3. The molecule has 0 aliphatic carbocycles. The van der Waals surface area contributed by atoms with Crippen molar-refractivity contribution in [2.75, 3.05) is 11.1 Å². The van der Waals surface area contributed by atoms with E-state index in [0.717, 1.165) is 22.5 Å².